The van der Waals surface area contributed by atoms with Crippen LogP contribution in [0.15, 0.2) is 0 Å². The van der Waals surface area contributed by atoms with Crippen molar-refractivity contribution in [2.75, 3.05) is 0 Å². The van der Waals surface area contributed by atoms with Crippen molar-refractivity contribution >= 4 is 22.5 Å². The molecule has 1 N–H and O–H groups in total. The summed E-state index contributed by atoms with van der Waals surface area (Å²) in [6, 6.07) is 0. The van der Waals surface area contributed by atoms with Gasteiger partial charge in [0.25, 0.3) is 0 Å². The molecule has 11 heteroatoms. The third-order valence-electron chi connectivity index (χ3n) is 2.71. The number of halogens is 3. The van der Waals surface area contributed by atoms with Crippen molar-refractivity contribution in [1.29, 1.82) is 0 Å². The molecular formula is C11H16F3NO6S. The molecule has 0 aromatic heterocycles. The molecule has 22 heavy (non-hydrogen) atoms. The van der Waals surface area contributed by atoms with E-state index in [0.717, 1.165) is 0 Å². The number of nitrogens with one attached hydrogen (secondary N) is 1. The van der Waals surface area contributed by atoms with E-state index in [2.05, 4.69) is 9.50 Å². The van der Waals surface area contributed by atoms with Crippen LogP contribution in [0.3, 0.4) is 0 Å². The Morgan fingerprint density at radius 2 is 1.77 bits per heavy atom. The van der Waals surface area contributed by atoms with Gasteiger partial charge >= 0.3 is 21.7 Å². The first-order valence-corrected chi connectivity index (χ1v) is 7.58. The molecular weight excluding hydrogens is 331 g/mol. The highest BCUT2D eigenvalue weighted by Crippen LogP contribution is 2.37. The third kappa shape index (κ3) is 4.57. The van der Waals surface area contributed by atoms with Gasteiger partial charge < -0.3 is 14.8 Å². The van der Waals surface area contributed by atoms with Gasteiger partial charge in [-0.05, 0) is 20.8 Å². The van der Waals surface area contributed by atoms with Gasteiger partial charge in [0.15, 0.2) is 0 Å². The van der Waals surface area contributed by atoms with Crippen molar-refractivity contribution in [3.63, 3.8) is 0 Å². The lowest BCUT2D eigenvalue weighted by atomic mass is 9.75. The van der Waals surface area contributed by atoms with E-state index in [1.165, 1.54) is 0 Å². The van der Waals surface area contributed by atoms with Gasteiger partial charge in [0.2, 0.25) is 0 Å². The number of carbonyl (C=O) groups excluding carboxylic acids is 2. The molecule has 1 rings (SSSR count). The summed E-state index contributed by atoms with van der Waals surface area (Å²) in [6.07, 6.45) is -2.75. The highest BCUT2D eigenvalue weighted by atomic mass is 32.2. The largest absolute Gasteiger partial charge is 0.523 e. The lowest BCUT2D eigenvalue weighted by molar-refractivity contribution is -0.121. The molecule has 0 unspecified atom stereocenters. The van der Waals surface area contributed by atoms with Crippen molar-refractivity contribution < 1.29 is 40.1 Å². The Labute approximate surface area is 125 Å². The fourth-order valence-corrected chi connectivity index (χ4v) is 2.39. The molecule has 0 atom stereocenters. The average molecular weight is 347 g/mol. The Bertz CT molecular complexity index is 545. The van der Waals surface area contributed by atoms with E-state index in [-0.39, 0.29) is 0 Å². The van der Waals surface area contributed by atoms with Gasteiger partial charge in [0.05, 0.1) is 6.10 Å². The molecule has 0 aliphatic heterocycles. The summed E-state index contributed by atoms with van der Waals surface area (Å²) < 4.78 is 67.0. The van der Waals surface area contributed by atoms with Gasteiger partial charge in [-0.25, -0.2) is 4.79 Å². The van der Waals surface area contributed by atoms with Crippen molar-refractivity contribution in [3.05, 3.63) is 0 Å². The molecule has 0 bridgehead atoms. The number of carbonyl (C=O) groups is 2. The molecule has 0 aromatic carbocycles. The topological polar surface area (TPSA) is 98.8 Å². The van der Waals surface area contributed by atoms with Crippen LogP contribution in [0.2, 0.25) is 0 Å². The zero-order valence-corrected chi connectivity index (χ0v) is 12.9. The second-order valence-corrected chi connectivity index (χ2v) is 7.49. The number of rotatable bonds is 4. The Kier molecular flexibility index (Phi) is 4.83. The van der Waals surface area contributed by atoms with E-state index >= 15 is 0 Å². The predicted molar refractivity (Wildman–Crippen MR) is 67.2 cm³/mol. The minimum atomic E-state index is -5.73. The molecule has 7 nitrogen and oxygen atoms in total. The number of hydrogen-bond acceptors (Lipinski definition) is 6. The van der Waals surface area contributed by atoms with Crippen LogP contribution in [0.5, 0.6) is 0 Å². The molecule has 128 valence electrons. The second-order valence-electron chi connectivity index (χ2n) is 5.93. The SMILES string of the molecule is CC(C)(C)OC(=O)NC1(C=O)CC(OS(=O)(=O)C(F)(F)F)C1. The maximum absolute atomic E-state index is 12.2. The quantitative estimate of drug-likeness (QED) is 0.470. The maximum Gasteiger partial charge on any atom is 0.523 e. The molecule has 0 radical (unpaired) electrons. The van der Waals surface area contributed by atoms with Gasteiger partial charge in [-0.15, -0.1) is 0 Å². The lowest BCUT2D eigenvalue weighted by Crippen LogP contribution is -2.62. The third-order valence-corrected chi connectivity index (χ3v) is 3.80. The van der Waals surface area contributed by atoms with E-state index in [9.17, 15) is 31.2 Å². The van der Waals surface area contributed by atoms with Crippen LogP contribution in [-0.4, -0.2) is 43.5 Å². The van der Waals surface area contributed by atoms with Crippen LogP contribution in [0, 0.1) is 0 Å². The fourth-order valence-electron chi connectivity index (χ4n) is 1.79. The van der Waals surface area contributed by atoms with Crippen molar-refractivity contribution in [2.24, 2.45) is 0 Å². The van der Waals surface area contributed by atoms with Crippen molar-refractivity contribution in [2.45, 2.75) is 56.4 Å². The fraction of sp³-hybridized carbons (Fsp3) is 0.818. The summed E-state index contributed by atoms with van der Waals surface area (Å²) in [5.41, 5.74) is -7.85. The normalized spacial score (nSPS) is 26.0. The second kappa shape index (κ2) is 5.69. The Balaban J connectivity index is 2.62. The number of hydrogen-bond donors (Lipinski definition) is 1. The molecule has 1 saturated carbocycles. The summed E-state index contributed by atoms with van der Waals surface area (Å²) in [6.45, 7) is 4.76. The first kappa shape index (κ1) is 18.7. The molecule has 0 saturated heterocycles. The highest BCUT2D eigenvalue weighted by molar-refractivity contribution is 7.87. The monoisotopic (exact) mass is 347 g/mol. The average Bonchev–Trinajstić information content (AvgIpc) is 2.20. The Hall–Kier alpha value is -1.36. The smallest absolute Gasteiger partial charge is 0.444 e. The first-order chi connectivity index (χ1) is 9.70. The van der Waals surface area contributed by atoms with Gasteiger partial charge in [-0.1, -0.05) is 0 Å². The van der Waals surface area contributed by atoms with Crippen LogP contribution in [0.1, 0.15) is 33.6 Å². The van der Waals surface area contributed by atoms with Crippen LogP contribution in [0.4, 0.5) is 18.0 Å². The van der Waals surface area contributed by atoms with E-state index in [1.54, 1.807) is 20.8 Å². The lowest BCUT2D eigenvalue weighted by Gasteiger charge is -2.43. The zero-order chi connectivity index (χ0) is 17.4. The minimum Gasteiger partial charge on any atom is -0.444 e. The highest BCUT2D eigenvalue weighted by Gasteiger charge is 2.54. The number of alkyl carbamates (subject to hydrolysis) is 1. The van der Waals surface area contributed by atoms with E-state index in [4.69, 9.17) is 4.74 Å². The molecule has 0 aromatic rings. The number of aldehydes is 1. The number of alkyl halides is 3. The summed E-state index contributed by atoms with van der Waals surface area (Å²) in [4.78, 5) is 22.6. The summed E-state index contributed by atoms with van der Waals surface area (Å²) in [5, 5.41) is 2.21. The Morgan fingerprint density at radius 1 is 1.27 bits per heavy atom. The molecule has 1 aliphatic carbocycles. The van der Waals surface area contributed by atoms with Crippen LogP contribution in [0.25, 0.3) is 0 Å². The van der Waals surface area contributed by atoms with Gasteiger partial charge in [0, 0.05) is 12.8 Å². The van der Waals surface area contributed by atoms with Crippen LogP contribution in [-0.2, 0) is 23.8 Å². The predicted octanol–water partition coefficient (Wildman–Crippen LogP) is 1.48. The zero-order valence-electron chi connectivity index (χ0n) is 12.1. The standard InChI is InChI=1S/C11H16F3NO6S/c1-9(2,3)20-8(17)15-10(6-16)4-7(5-10)21-22(18,19)11(12,13)14/h6-7H,4-5H2,1-3H3,(H,15,17). The van der Waals surface area contributed by atoms with E-state index in [0.29, 0.717) is 6.29 Å². The number of amides is 1. The van der Waals surface area contributed by atoms with Gasteiger partial charge in [0.1, 0.15) is 17.4 Å². The van der Waals surface area contributed by atoms with Crippen molar-refractivity contribution in [1.82, 2.24) is 5.32 Å². The summed E-state index contributed by atoms with van der Waals surface area (Å²) >= 11 is 0. The van der Waals surface area contributed by atoms with E-state index in [1.807, 2.05) is 0 Å². The molecule has 1 aliphatic rings. The maximum atomic E-state index is 12.2. The number of ether oxygens (including phenoxy) is 1. The first-order valence-electron chi connectivity index (χ1n) is 6.17. The van der Waals surface area contributed by atoms with Gasteiger partial charge in [-0.2, -0.15) is 21.6 Å². The van der Waals surface area contributed by atoms with Crippen LogP contribution >= 0.6 is 0 Å². The minimum absolute atomic E-state index is 0.316. The molecule has 1 amide bonds. The summed E-state index contributed by atoms with van der Waals surface area (Å²) in [7, 11) is -5.73. The summed E-state index contributed by atoms with van der Waals surface area (Å²) in [5.74, 6) is 0. The van der Waals surface area contributed by atoms with Crippen molar-refractivity contribution in [3.8, 4) is 0 Å². The molecule has 0 spiro atoms. The van der Waals surface area contributed by atoms with Gasteiger partial charge in [-0.3, -0.25) is 4.18 Å². The molecule has 1 fully saturated rings. The van der Waals surface area contributed by atoms with Crippen LogP contribution < -0.4 is 5.32 Å². The Morgan fingerprint density at radius 3 is 2.14 bits per heavy atom. The molecule has 0 heterocycles. The van der Waals surface area contributed by atoms with E-state index < -0.39 is 51.8 Å².